The third kappa shape index (κ3) is 3.18. The number of piperazine rings is 1. The van der Waals surface area contributed by atoms with Crippen LogP contribution < -0.4 is 4.90 Å². The van der Waals surface area contributed by atoms with Gasteiger partial charge in [0.05, 0.1) is 4.90 Å². The molecule has 2 aromatic heterocycles. The largest absolute Gasteiger partial charge is 0.351 e. The fourth-order valence-corrected chi connectivity index (χ4v) is 5.67. The van der Waals surface area contributed by atoms with Crippen LogP contribution >= 0.6 is 0 Å². The Hall–Kier alpha value is -2.52. The van der Waals surface area contributed by atoms with Gasteiger partial charge in [-0.3, -0.25) is 4.40 Å². The van der Waals surface area contributed by atoms with Crippen LogP contribution in [0, 0.1) is 13.8 Å². The van der Waals surface area contributed by atoms with E-state index in [9.17, 15) is 8.42 Å². The highest BCUT2D eigenvalue weighted by Crippen LogP contribution is 2.39. The van der Waals surface area contributed by atoms with E-state index < -0.39 is 10.0 Å². The minimum absolute atomic E-state index is 0.392. The summed E-state index contributed by atoms with van der Waals surface area (Å²) in [5.74, 6) is 2.27. The first-order chi connectivity index (χ1) is 13.9. The SMILES string of the molecule is Cc1ccc(S(=O)(=O)N2CCN(c3nccn4c(C5CC5)nnc34)CC2)c(C)c1. The lowest BCUT2D eigenvalue weighted by atomic mass is 10.2. The number of nitrogens with zero attached hydrogens (tertiary/aromatic N) is 6. The first-order valence-corrected chi connectivity index (χ1v) is 11.4. The molecule has 3 heterocycles. The molecule has 9 heteroatoms. The quantitative estimate of drug-likeness (QED) is 0.653. The van der Waals surface area contributed by atoms with Crippen LogP contribution in [0.15, 0.2) is 35.5 Å². The highest BCUT2D eigenvalue weighted by atomic mass is 32.2. The van der Waals surface area contributed by atoms with Crippen LogP contribution in [0.5, 0.6) is 0 Å². The number of anilines is 1. The minimum Gasteiger partial charge on any atom is -0.351 e. The Labute approximate surface area is 170 Å². The maximum absolute atomic E-state index is 13.1. The normalized spacial score (nSPS) is 18.5. The van der Waals surface area contributed by atoms with Gasteiger partial charge in [0.25, 0.3) is 0 Å². The van der Waals surface area contributed by atoms with E-state index in [2.05, 4.69) is 20.1 Å². The van der Waals surface area contributed by atoms with Crippen molar-refractivity contribution in [1.82, 2.24) is 23.9 Å². The molecule has 1 aromatic carbocycles. The maximum Gasteiger partial charge on any atom is 0.243 e. The maximum atomic E-state index is 13.1. The van der Waals surface area contributed by atoms with E-state index in [0.717, 1.165) is 41.3 Å². The van der Waals surface area contributed by atoms with E-state index >= 15 is 0 Å². The topological polar surface area (TPSA) is 83.7 Å². The van der Waals surface area contributed by atoms with Gasteiger partial charge >= 0.3 is 0 Å². The lowest BCUT2D eigenvalue weighted by molar-refractivity contribution is 0.383. The monoisotopic (exact) mass is 412 g/mol. The molecule has 1 saturated heterocycles. The smallest absolute Gasteiger partial charge is 0.243 e. The molecule has 0 bridgehead atoms. The van der Waals surface area contributed by atoms with E-state index in [1.807, 2.05) is 36.6 Å². The van der Waals surface area contributed by atoms with Crippen molar-refractivity contribution in [2.45, 2.75) is 37.5 Å². The molecule has 0 N–H and O–H groups in total. The van der Waals surface area contributed by atoms with Crippen LogP contribution in [0.3, 0.4) is 0 Å². The molecular formula is C20H24N6O2S. The predicted molar refractivity (Wildman–Crippen MR) is 110 cm³/mol. The average Bonchev–Trinajstić information content (AvgIpc) is 3.46. The standard InChI is InChI=1S/C20H24N6O2S/c1-14-3-6-17(15(2)13-14)29(27,28)25-11-9-24(10-12-25)19-20-23-22-18(16-4-5-16)26(20)8-7-21-19/h3,6-8,13,16H,4-5,9-12H2,1-2H3. The fourth-order valence-electron chi connectivity index (χ4n) is 4.04. The van der Waals surface area contributed by atoms with Crippen molar-refractivity contribution in [3.63, 3.8) is 0 Å². The average molecular weight is 413 g/mol. The summed E-state index contributed by atoms with van der Waals surface area (Å²) in [5.41, 5.74) is 2.60. The van der Waals surface area contributed by atoms with E-state index in [1.54, 1.807) is 16.6 Å². The van der Waals surface area contributed by atoms with E-state index in [4.69, 9.17) is 0 Å². The van der Waals surface area contributed by atoms with Crippen molar-refractivity contribution in [1.29, 1.82) is 0 Å². The van der Waals surface area contributed by atoms with Gasteiger partial charge in [-0.2, -0.15) is 4.31 Å². The Balaban J connectivity index is 1.37. The van der Waals surface area contributed by atoms with Crippen LogP contribution in [0.25, 0.3) is 5.65 Å². The molecule has 2 aliphatic rings. The van der Waals surface area contributed by atoms with Crippen molar-refractivity contribution >= 4 is 21.5 Å². The summed E-state index contributed by atoms with van der Waals surface area (Å²) in [6.07, 6.45) is 6.00. The molecule has 152 valence electrons. The molecule has 1 aliphatic carbocycles. The van der Waals surface area contributed by atoms with Gasteiger partial charge in [0.15, 0.2) is 5.82 Å². The lowest BCUT2D eigenvalue weighted by Gasteiger charge is -2.34. The Morgan fingerprint density at radius 3 is 2.48 bits per heavy atom. The van der Waals surface area contributed by atoms with Crippen molar-refractivity contribution in [3.8, 4) is 0 Å². The van der Waals surface area contributed by atoms with E-state index in [1.165, 1.54) is 0 Å². The number of hydrogen-bond acceptors (Lipinski definition) is 6. The fraction of sp³-hybridized carbons (Fsp3) is 0.450. The zero-order valence-corrected chi connectivity index (χ0v) is 17.4. The Morgan fingerprint density at radius 2 is 1.79 bits per heavy atom. The van der Waals surface area contributed by atoms with Gasteiger partial charge in [0, 0.05) is 44.5 Å². The van der Waals surface area contributed by atoms with Crippen LogP contribution in [0.2, 0.25) is 0 Å². The number of benzene rings is 1. The summed E-state index contributed by atoms with van der Waals surface area (Å²) < 4.78 is 29.8. The van der Waals surface area contributed by atoms with E-state index in [0.29, 0.717) is 37.0 Å². The first-order valence-electron chi connectivity index (χ1n) is 9.97. The van der Waals surface area contributed by atoms with Gasteiger partial charge in [0.1, 0.15) is 5.82 Å². The molecule has 5 rings (SSSR count). The summed E-state index contributed by atoms with van der Waals surface area (Å²) in [5, 5.41) is 8.73. The molecule has 0 radical (unpaired) electrons. The van der Waals surface area contributed by atoms with Crippen LogP contribution in [-0.2, 0) is 10.0 Å². The molecule has 3 aromatic rings. The molecular weight excluding hydrogens is 388 g/mol. The van der Waals surface area contributed by atoms with Gasteiger partial charge in [-0.05, 0) is 38.3 Å². The molecule has 29 heavy (non-hydrogen) atoms. The minimum atomic E-state index is -3.50. The second-order valence-electron chi connectivity index (χ2n) is 7.94. The number of sulfonamides is 1. The Bertz CT molecular complexity index is 1180. The van der Waals surface area contributed by atoms with Crippen molar-refractivity contribution in [3.05, 3.63) is 47.5 Å². The highest BCUT2D eigenvalue weighted by molar-refractivity contribution is 7.89. The molecule has 1 aliphatic heterocycles. The van der Waals surface area contributed by atoms with Crippen LogP contribution in [-0.4, -0.2) is 58.5 Å². The van der Waals surface area contributed by atoms with Crippen LogP contribution in [0.1, 0.15) is 35.7 Å². The summed E-state index contributed by atoms with van der Waals surface area (Å²) in [4.78, 5) is 7.03. The van der Waals surface area contributed by atoms with Gasteiger partial charge in [-0.25, -0.2) is 13.4 Å². The van der Waals surface area contributed by atoms with Gasteiger partial charge in [0.2, 0.25) is 15.7 Å². The first kappa shape index (κ1) is 18.5. The second-order valence-corrected chi connectivity index (χ2v) is 9.84. The van der Waals surface area contributed by atoms with E-state index in [-0.39, 0.29) is 0 Å². The Kier molecular flexibility index (Phi) is 4.32. The molecule has 8 nitrogen and oxygen atoms in total. The number of aromatic nitrogens is 4. The number of fused-ring (bicyclic) bond motifs is 1. The lowest BCUT2D eigenvalue weighted by Crippen LogP contribution is -2.49. The zero-order chi connectivity index (χ0) is 20.2. The summed E-state index contributed by atoms with van der Waals surface area (Å²) >= 11 is 0. The highest BCUT2D eigenvalue weighted by Gasteiger charge is 2.32. The second kappa shape index (κ2) is 6.77. The summed E-state index contributed by atoms with van der Waals surface area (Å²) in [6, 6.07) is 5.48. The third-order valence-corrected chi connectivity index (χ3v) is 7.82. The van der Waals surface area contributed by atoms with Crippen molar-refractivity contribution in [2.75, 3.05) is 31.1 Å². The summed E-state index contributed by atoms with van der Waals surface area (Å²) in [7, 11) is -3.50. The molecule has 0 amide bonds. The third-order valence-electron chi connectivity index (χ3n) is 5.76. The van der Waals surface area contributed by atoms with Crippen LogP contribution in [0.4, 0.5) is 5.82 Å². The molecule has 0 unspecified atom stereocenters. The number of hydrogen-bond donors (Lipinski definition) is 0. The van der Waals surface area contributed by atoms with Crippen molar-refractivity contribution in [2.24, 2.45) is 0 Å². The predicted octanol–water partition coefficient (Wildman–Crippen LogP) is 2.13. The zero-order valence-electron chi connectivity index (χ0n) is 16.6. The molecule has 0 atom stereocenters. The number of aryl methyl sites for hydroxylation is 2. The Morgan fingerprint density at radius 1 is 1.03 bits per heavy atom. The summed E-state index contributed by atoms with van der Waals surface area (Å²) in [6.45, 7) is 5.80. The molecule has 0 spiro atoms. The molecule has 2 fully saturated rings. The van der Waals surface area contributed by atoms with Crippen molar-refractivity contribution < 1.29 is 8.42 Å². The van der Waals surface area contributed by atoms with Gasteiger partial charge in [-0.1, -0.05) is 17.7 Å². The van der Waals surface area contributed by atoms with Gasteiger partial charge < -0.3 is 4.90 Å². The number of rotatable bonds is 4. The van der Waals surface area contributed by atoms with Gasteiger partial charge in [-0.15, -0.1) is 10.2 Å². The molecule has 1 saturated carbocycles.